The highest BCUT2D eigenvalue weighted by Gasteiger charge is 2.15. The molecule has 0 saturated heterocycles. The van der Waals surface area contributed by atoms with Crippen LogP contribution in [0.25, 0.3) is 11.0 Å². The Balaban J connectivity index is 1.49. The van der Waals surface area contributed by atoms with Crippen LogP contribution in [0.3, 0.4) is 0 Å². The SMILES string of the molecule is Cc1ccc(NC(=O)Cn2c(CCNC(=O)c3ccco3)nc3ccccc32)c(C)c1. The van der Waals surface area contributed by atoms with Crippen LogP contribution in [0.1, 0.15) is 27.5 Å². The first-order valence-electron chi connectivity index (χ1n) is 10.1. The van der Waals surface area contributed by atoms with Crippen molar-refractivity contribution >= 4 is 28.5 Å². The van der Waals surface area contributed by atoms with E-state index in [0.717, 1.165) is 33.7 Å². The first kappa shape index (κ1) is 20.4. The van der Waals surface area contributed by atoms with Crippen LogP contribution in [0.5, 0.6) is 0 Å². The van der Waals surface area contributed by atoms with Crippen LogP contribution in [0.4, 0.5) is 5.69 Å². The molecule has 4 aromatic rings. The maximum atomic E-state index is 12.8. The van der Waals surface area contributed by atoms with Crippen LogP contribution in [-0.4, -0.2) is 27.9 Å². The molecule has 0 radical (unpaired) electrons. The summed E-state index contributed by atoms with van der Waals surface area (Å²) in [5, 5.41) is 5.82. The third-order valence-corrected chi connectivity index (χ3v) is 5.07. The Morgan fingerprint density at radius 2 is 1.90 bits per heavy atom. The highest BCUT2D eigenvalue weighted by atomic mass is 16.3. The van der Waals surface area contributed by atoms with Crippen molar-refractivity contribution in [2.45, 2.75) is 26.8 Å². The van der Waals surface area contributed by atoms with Crippen LogP contribution in [0.2, 0.25) is 0 Å². The summed E-state index contributed by atoms with van der Waals surface area (Å²) in [6, 6.07) is 16.9. The molecule has 0 fully saturated rings. The van der Waals surface area contributed by atoms with Gasteiger partial charge in [0.25, 0.3) is 5.91 Å². The number of hydrogen-bond acceptors (Lipinski definition) is 4. The molecule has 0 aliphatic rings. The number of benzene rings is 2. The highest BCUT2D eigenvalue weighted by molar-refractivity contribution is 5.92. The first-order valence-corrected chi connectivity index (χ1v) is 10.1. The summed E-state index contributed by atoms with van der Waals surface area (Å²) in [5.41, 5.74) is 4.66. The minimum absolute atomic E-state index is 0.129. The van der Waals surface area contributed by atoms with E-state index in [1.807, 2.05) is 60.9 Å². The number of furan rings is 1. The molecule has 158 valence electrons. The molecule has 7 heteroatoms. The molecule has 0 unspecified atom stereocenters. The van der Waals surface area contributed by atoms with Crippen molar-refractivity contribution in [2.24, 2.45) is 0 Å². The third kappa shape index (κ3) is 4.66. The van der Waals surface area contributed by atoms with E-state index in [-0.39, 0.29) is 24.1 Å². The Hall–Kier alpha value is -3.87. The van der Waals surface area contributed by atoms with Crippen LogP contribution in [-0.2, 0) is 17.8 Å². The van der Waals surface area contributed by atoms with Crippen molar-refractivity contribution in [1.29, 1.82) is 0 Å². The van der Waals surface area contributed by atoms with E-state index in [1.165, 1.54) is 6.26 Å². The van der Waals surface area contributed by atoms with Gasteiger partial charge in [0.05, 0.1) is 17.3 Å². The topological polar surface area (TPSA) is 89.2 Å². The smallest absolute Gasteiger partial charge is 0.286 e. The zero-order valence-corrected chi connectivity index (χ0v) is 17.5. The number of nitrogens with one attached hydrogen (secondary N) is 2. The summed E-state index contributed by atoms with van der Waals surface area (Å²) >= 11 is 0. The normalized spacial score (nSPS) is 10.9. The van der Waals surface area contributed by atoms with E-state index in [9.17, 15) is 9.59 Å². The number of aryl methyl sites for hydroxylation is 2. The summed E-state index contributed by atoms with van der Waals surface area (Å²) in [6.45, 7) is 4.51. The number of carbonyl (C=O) groups is 2. The molecule has 4 rings (SSSR count). The highest BCUT2D eigenvalue weighted by Crippen LogP contribution is 2.19. The predicted octanol–water partition coefficient (Wildman–Crippen LogP) is 3.86. The number of nitrogens with zero attached hydrogens (tertiary/aromatic N) is 2. The Bertz CT molecular complexity index is 1230. The van der Waals surface area contributed by atoms with E-state index >= 15 is 0 Å². The lowest BCUT2D eigenvalue weighted by molar-refractivity contribution is -0.116. The molecule has 2 amide bonds. The second kappa shape index (κ2) is 8.87. The Labute approximate surface area is 180 Å². The Kier molecular flexibility index (Phi) is 5.84. The van der Waals surface area contributed by atoms with Gasteiger partial charge in [0, 0.05) is 18.7 Å². The van der Waals surface area contributed by atoms with E-state index in [2.05, 4.69) is 15.6 Å². The molecule has 0 saturated carbocycles. The van der Waals surface area contributed by atoms with Gasteiger partial charge in [-0.05, 0) is 49.7 Å². The summed E-state index contributed by atoms with van der Waals surface area (Å²) < 4.78 is 7.01. The molecule has 7 nitrogen and oxygen atoms in total. The monoisotopic (exact) mass is 416 g/mol. The quantitative estimate of drug-likeness (QED) is 0.479. The fraction of sp³-hybridized carbons (Fsp3) is 0.208. The fourth-order valence-electron chi connectivity index (χ4n) is 3.56. The average molecular weight is 416 g/mol. The molecule has 2 N–H and O–H groups in total. The van der Waals surface area contributed by atoms with Crippen molar-refractivity contribution in [3.8, 4) is 0 Å². The summed E-state index contributed by atoms with van der Waals surface area (Å²) in [6.07, 6.45) is 1.95. The van der Waals surface area contributed by atoms with Crippen LogP contribution in [0, 0.1) is 13.8 Å². The van der Waals surface area contributed by atoms with Crippen molar-refractivity contribution in [3.63, 3.8) is 0 Å². The minimum atomic E-state index is -0.278. The number of fused-ring (bicyclic) bond motifs is 1. The minimum Gasteiger partial charge on any atom is -0.459 e. The largest absolute Gasteiger partial charge is 0.459 e. The lowest BCUT2D eigenvalue weighted by Crippen LogP contribution is -2.27. The molecule has 2 aromatic heterocycles. The average Bonchev–Trinajstić information content (AvgIpc) is 3.39. The van der Waals surface area contributed by atoms with Gasteiger partial charge in [0.15, 0.2) is 5.76 Å². The molecule has 0 aliphatic carbocycles. The Morgan fingerprint density at radius 1 is 1.06 bits per heavy atom. The molecule has 2 aromatic carbocycles. The number of amides is 2. The van der Waals surface area contributed by atoms with Gasteiger partial charge in [-0.1, -0.05) is 29.8 Å². The van der Waals surface area contributed by atoms with Gasteiger partial charge in [-0.3, -0.25) is 9.59 Å². The van der Waals surface area contributed by atoms with E-state index < -0.39 is 0 Å². The fourth-order valence-corrected chi connectivity index (χ4v) is 3.56. The molecule has 2 heterocycles. The lowest BCUT2D eigenvalue weighted by Gasteiger charge is -2.12. The first-order chi connectivity index (χ1) is 15.0. The number of hydrogen-bond donors (Lipinski definition) is 2. The third-order valence-electron chi connectivity index (χ3n) is 5.07. The molecule has 31 heavy (non-hydrogen) atoms. The Morgan fingerprint density at radius 3 is 2.68 bits per heavy atom. The lowest BCUT2D eigenvalue weighted by atomic mass is 10.1. The van der Waals surface area contributed by atoms with Gasteiger partial charge in [-0.2, -0.15) is 0 Å². The summed E-state index contributed by atoms with van der Waals surface area (Å²) in [4.78, 5) is 29.6. The van der Waals surface area contributed by atoms with Crippen LogP contribution < -0.4 is 10.6 Å². The van der Waals surface area contributed by atoms with E-state index in [4.69, 9.17) is 4.42 Å². The number of imidazole rings is 1. The molecule has 0 aliphatic heterocycles. The van der Waals surface area contributed by atoms with E-state index in [1.54, 1.807) is 12.1 Å². The second-order valence-electron chi connectivity index (χ2n) is 7.45. The maximum absolute atomic E-state index is 12.8. The van der Waals surface area contributed by atoms with Crippen molar-refractivity contribution in [2.75, 3.05) is 11.9 Å². The predicted molar refractivity (Wildman–Crippen MR) is 119 cm³/mol. The van der Waals surface area contributed by atoms with Crippen molar-refractivity contribution in [1.82, 2.24) is 14.9 Å². The zero-order chi connectivity index (χ0) is 21.8. The van der Waals surface area contributed by atoms with Crippen LogP contribution in [0.15, 0.2) is 65.3 Å². The summed E-state index contributed by atoms with van der Waals surface area (Å²) in [7, 11) is 0. The van der Waals surface area contributed by atoms with Gasteiger partial charge >= 0.3 is 0 Å². The molecule has 0 spiro atoms. The van der Waals surface area contributed by atoms with Gasteiger partial charge in [-0.15, -0.1) is 0 Å². The van der Waals surface area contributed by atoms with Crippen molar-refractivity contribution in [3.05, 3.63) is 83.6 Å². The van der Waals surface area contributed by atoms with Gasteiger partial charge in [0.2, 0.25) is 5.91 Å². The summed E-state index contributed by atoms with van der Waals surface area (Å²) in [5.74, 6) is 0.592. The number of carbonyl (C=O) groups excluding carboxylic acids is 2. The number of aromatic nitrogens is 2. The van der Waals surface area contributed by atoms with Gasteiger partial charge in [-0.25, -0.2) is 4.98 Å². The second-order valence-corrected chi connectivity index (χ2v) is 7.45. The number of anilines is 1. The van der Waals surface area contributed by atoms with E-state index in [0.29, 0.717) is 13.0 Å². The van der Waals surface area contributed by atoms with Gasteiger partial charge in [0.1, 0.15) is 12.4 Å². The molecular formula is C24H24N4O3. The van der Waals surface area contributed by atoms with Crippen LogP contribution >= 0.6 is 0 Å². The number of rotatable bonds is 7. The maximum Gasteiger partial charge on any atom is 0.286 e. The molecule has 0 atom stereocenters. The molecule has 0 bridgehead atoms. The molecular weight excluding hydrogens is 392 g/mol. The standard InChI is InChI=1S/C24H24N4O3/c1-16-9-10-18(17(2)14-16)27-23(29)15-28-20-7-4-3-6-19(20)26-22(28)11-12-25-24(30)21-8-5-13-31-21/h3-10,13-14H,11-12,15H2,1-2H3,(H,25,30)(H,27,29). The van der Waals surface area contributed by atoms with Gasteiger partial charge < -0.3 is 19.6 Å². The number of para-hydroxylation sites is 2. The van der Waals surface area contributed by atoms with Crippen molar-refractivity contribution < 1.29 is 14.0 Å². The zero-order valence-electron chi connectivity index (χ0n) is 17.5.